The third-order valence-electron chi connectivity index (χ3n) is 7.63. The predicted molar refractivity (Wildman–Crippen MR) is 117 cm³/mol. The lowest BCUT2D eigenvalue weighted by molar-refractivity contribution is -0.386. The SMILES string of the molecule is O=[N+]([O-])c1cc(C2(c3ccccc3)OC3C4CC(C3O2)C(C(F)(F)C(F)(F)S(=O)(=O)O)C4)ccc1CO. The standard InChI is InChI=1S/C23H21F4NO8S/c24-22(25,23(26,27)37(32,33)34)17-9-13-8-16(17)20-19(13)35-21(36-20,14-4-2-1-3-5-14)15-7-6-12(11-29)18(10-15)28(30)31/h1-7,10,13,16-17,19-20,29H,8-9,11H2,(H,32,33,34). The summed E-state index contributed by atoms with van der Waals surface area (Å²) in [6.07, 6.45) is -2.50. The van der Waals surface area contributed by atoms with Crippen molar-refractivity contribution in [2.75, 3.05) is 0 Å². The van der Waals surface area contributed by atoms with Gasteiger partial charge in [-0.15, -0.1) is 0 Å². The third kappa shape index (κ3) is 3.68. The van der Waals surface area contributed by atoms with Crippen LogP contribution in [0.4, 0.5) is 23.2 Å². The van der Waals surface area contributed by atoms with E-state index < -0.39 is 80.7 Å². The summed E-state index contributed by atoms with van der Waals surface area (Å²) in [6, 6.07) is 12.0. The molecule has 5 rings (SSSR count). The molecule has 1 heterocycles. The van der Waals surface area contributed by atoms with Crippen LogP contribution in [0.25, 0.3) is 0 Å². The van der Waals surface area contributed by atoms with Crippen molar-refractivity contribution < 1.29 is 50.0 Å². The Morgan fingerprint density at radius 1 is 1.03 bits per heavy atom. The molecule has 2 N–H and O–H groups in total. The third-order valence-corrected chi connectivity index (χ3v) is 8.55. The molecule has 1 saturated heterocycles. The minimum atomic E-state index is -6.40. The molecule has 2 aromatic rings. The van der Waals surface area contributed by atoms with Gasteiger partial charge >= 0.3 is 21.3 Å². The summed E-state index contributed by atoms with van der Waals surface area (Å²) in [5, 5.41) is 15.4. The number of aliphatic hydroxyl groups excluding tert-OH is 1. The molecule has 37 heavy (non-hydrogen) atoms. The second-order valence-corrected chi connectivity index (χ2v) is 11.0. The van der Waals surface area contributed by atoms with E-state index in [9.17, 15) is 41.2 Å². The Hall–Kier alpha value is -2.65. The number of ether oxygens (including phenoxy) is 2. The van der Waals surface area contributed by atoms with Gasteiger partial charge in [-0.1, -0.05) is 36.4 Å². The molecule has 2 aromatic carbocycles. The lowest BCUT2D eigenvalue weighted by atomic mass is 9.81. The van der Waals surface area contributed by atoms with Crippen molar-refractivity contribution in [2.45, 2.75) is 48.6 Å². The first-order valence-electron chi connectivity index (χ1n) is 11.3. The van der Waals surface area contributed by atoms with Crippen LogP contribution in [0.5, 0.6) is 0 Å². The van der Waals surface area contributed by atoms with Crippen molar-refractivity contribution in [1.82, 2.24) is 0 Å². The first-order chi connectivity index (χ1) is 17.2. The molecular weight excluding hydrogens is 526 g/mol. The van der Waals surface area contributed by atoms with E-state index in [1.807, 2.05) is 0 Å². The number of nitro benzene ring substituents is 1. The highest BCUT2D eigenvalue weighted by Gasteiger charge is 2.75. The van der Waals surface area contributed by atoms with Crippen molar-refractivity contribution in [3.63, 3.8) is 0 Å². The van der Waals surface area contributed by atoms with Gasteiger partial charge in [-0.05, 0) is 30.7 Å². The number of benzene rings is 2. The fourth-order valence-electron chi connectivity index (χ4n) is 5.96. The molecule has 3 fully saturated rings. The van der Waals surface area contributed by atoms with E-state index in [1.54, 1.807) is 30.3 Å². The summed E-state index contributed by atoms with van der Waals surface area (Å²) in [4.78, 5) is 10.9. The molecular formula is C23H21F4NO8S. The maximum atomic E-state index is 14.9. The van der Waals surface area contributed by atoms with E-state index in [-0.39, 0.29) is 17.5 Å². The van der Waals surface area contributed by atoms with Crippen molar-refractivity contribution in [2.24, 2.45) is 17.8 Å². The lowest BCUT2D eigenvalue weighted by Crippen LogP contribution is -2.55. The van der Waals surface area contributed by atoms with Gasteiger partial charge in [0.1, 0.15) is 0 Å². The molecule has 6 atom stereocenters. The van der Waals surface area contributed by atoms with E-state index in [1.165, 1.54) is 12.1 Å². The fraction of sp³-hybridized carbons (Fsp3) is 0.478. The van der Waals surface area contributed by atoms with E-state index in [2.05, 4.69) is 0 Å². The smallest absolute Gasteiger partial charge is 0.391 e. The second kappa shape index (κ2) is 8.43. The molecule has 200 valence electrons. The van der Waals surface area contributed by atoms with Crippen LogP contribution in [0.3, 0.4) is 0 Å². The zero-order valence-corrected chi connectivity index (χ0v) is 19.7. The Balaban J connectivity index is 1.57. The van der Waals surface area contributed by atoms with Gasteiger partial charge < -0.3 is 14.6 Å². The van der Waals surface area contributed by atoms with Gasteiger partial charge in [-0.2, -0.15) is 26.0 Å². The summed E-state index contributed by atoms with van der Waals surface area (Å²) < 4.78 is 102. The number of fused-ring (bicyclic) bond motifs is 5. The van der Waals surface area contributed by atoms with Gasteiger partial charge in [0.05, 0.1) is 29.3 Å². The number of hydrogen-bond acceptors (Lipinski definition) is 7. The normalized spacial score (nSPS) is 31.5. The summed E-state index contributed by atoms with van der Waals surface area (Å²) in [6.45, 7) is -0.620. The number of hydrogen-bond donors (Lipinski definition) is 2. The molecule has 3 aliphatic rings. The monoisotopic (exact) mass is 547 g/mol. The molecule has 0 aromatic heterocycles. The summed E-state index contributed by atoms with van der Waals surface area (Å²) in [7, 11) is -6.40. The number of halogens is 4. The molecule has 2 bridgehead atoms. The quantitative estimate of drug-likeness (QED) is 0.231. The highest BCUT2D eigenvalue weighted by molar-refractivity contribution is 7.87. The minimum Gasteiger partial charge on any atom is -0.391 e. The maximum Gasteiger partial charge on any atom is 0.431 e. The maximum absolute atomic E-state index is 14.9. The average Bonchev–Trinajstić information content (AvgIpc) is 3.54. The van der Waals surface area contributed by atoms with E-state index in [0.717, 1.165) is 6.07 Å². The van der Waals surface area contributed by atoms with E-state index in [0.29, 0.717) is 5.56 Å². The molecule has 2 saturated carbocycles. The average molecular weight is 547 g/mol. The van der Waals surface area contributed by atoms with Gasteiger partial charge in [0.25, 0.3) is 5.69 Å². The Morgan fingerprint density at radius 2 is 1.68 bits per heavy atom. The Bertz CT molecular complexity index is 1340. The van der Waals surface area contributed by atoms with Gasteiger partial charge in [0.15, 0.2) is 0 Å². The van der Waals surface area contributed by atoms with Crippen molar-refractivity contribution in [3.8, 4) is 0 Å². The molecule has 0 spiro atoms. The molecule has 2 aliphatic carbocycles. The summed E-state index contributed by atoms with van der Waals surface area (Å²) >= 11 is 0. The van der Waals surface area contributed by atoms with Crippen LogP contribution >= 0.6 is 0 Å². The largest absolute Gasteiger partial charge is 0.431 e. The van der Waals surface area contributed by atoms with Crippen LogP contribution in [-0.4, -0.2) is 46.4 Å². The molecule has 6 unspecified atom stereocenters. The van der Waals surface area contributed by atoms with Crippen LogP contribution in [0.2, 0.25) is 0 Å². The van der Waals surface area contributed by atoms with Crippen LogP contribution < -0.4 is 0 Å². The summed E-state index contributed by atoms with van der Waals surface area (Å²) in [5.41, 5.74) is 0.0755. The van der Waals surface area contributed by atoms with Crippen LogP contribution in [0.15, 0.2) is 48.5 Å². The Labute approximate surface area is 207 Å². The first kappa shape index (κ1) is 26.0. The summed E-state index contributed by atoms with van der Waals surface area (Å²) in [5.74, 6) is -11.0. The lowest BCUT2D eigenvalue weighted by Gasteiger charge is -2.36. The molecule has 9 nitrogen and oxygen atoms in total. The Kier molecular flexibility index (Phi) is 5.92. The Morgan fingerprint density at radius 3 is 2.27 bits per heavy atom. The minimum absolute atomic E-state index is 0.00557. The number of aliphatic hydroxyl groups is 1. The van der Waals surface area contributed by atoms with Crippen molar-refractivity contribution in [1.29, 1.82) is 0 Å². The molecule has 0 radical (unpaired) electrons. The topological polar surface area (TPSA) is 136 Å². The highest BCUT2D eigenvalue weighted by Crippen LogP contribution is 2.63. The number of nitrogens with zero attached hydrogens (tertiary/aromatic N) is 1. The molecule has 0 amide bonds. The van der Waals surface area contributed by atoms with Gasteiger partial charge in [0.2, 0.25) is 5.79 Å². The zero-order valence-electron chi connectivity index (χ0n) is 18.8. The second-order valence-electron chi connectivity index (χ2n) is 9.52. The zero-order chi connectivity index (χ0) is 27.0. The van der Waals surface area contributed by atoms with Crippen LogP contribution in [0, 0.1) is 27.9 Å². The first-order valence-corrected chi connectivity index (χ1v) is 12.7. The number of nitro groups is 1. The predicted octanol–water partition coefficient (Wildman–Crippen LogP) is 3.84. The van der Waals surface area contributed by atoms with Crippen LogP contribution in [-0.2, 0) is 32.0 Å². The van der Waals surface area contributed by atoms with E-state index in [4.69, 9.17) is 14.0 Å². The van der Waals surface area contributed by atoms with Crippen molar-refractivity contribution in [3.05, 3.63) is 75.3 Å². The van der Waals surface area contributed by atoms with Gasteiger partial charge in [-0.25, -0.2) is 0 Å². The van der Waals surface area contributed by atoms with Crippen molar-refractivity contribution >= 4 is 15.8 Å². The molecule has 1 aliphatic heterocycles. The van der Waals surface area contributed by atoms with Gasteiger partial charge in [-0.3, -0.25) is 14.7 Å². The number of alkyl halides is 4. The van der Waals surface area contributed by atoms with E-state index >= 15 is 0 Å². The van der Waals surface area contributed by atoms with Gasteiger partial charge in [0, 0.05) is 23.1 Å². The molecule has 14 heteroatoms. The van der Waals surface area contributed by atoms with Crippen LogP contribution in [0.1, 0.15) is 29.5 Å². The number of rotatable bonds is 7. The highest BCUT2D eigenvalue weighted by atomic mass is 32.2. The fourth-order valence-corrected chi connectivity index (χ4v) is 6.45.